The Balaban J connectivity index is 2.04. The maximum Gasteiger partial charge on any atom is 0.242 e. The van der Waals surface area contributed by atoms with Crippen molar-refractivity contribution in [3.05, 3.63) is 68.7 Å². The number of nitrogens with zero attached hydrogens (tertiary/aromatic N) is 1. The van der Waals surface area contributed by atoms with Crippen molar-refractivity contribution < 1.29 is 9.59 Å². The van der Waals surface area contributed by atoms with E-state index < -0.39 is 6.04 Å². The zero-order chi connectivity index (χ0) is 22.8. The van der Waals surface area contributed by atoms with Crippen molar-refractivity contribution in [1.29, 1.82) is 0 Å². The molecule has 0 spiro atoms. The van der Waals surface area contributed by atoms with Gasteiger partial charge in [0.25, 0.3) is 0 Å². The Morgan fingerprint density at radius 2 is 1.71 bits per heavy atom. The first-order valence-corrected chi connectivity index (χ1v) is 12.4. The molecule has 0 bridgehead atoms. The Hall–Kier alpha value is -1.40. The summed E-state index contributed by atoms with van der Waals surface area (Å²) in [7, 11) is 0. The van der Waals surface area contributed by atoms with E-state index in [0.29, 0.717) is 33.9 Å². The van der Waals surface area contributed by atoms with Crippen LogP contribution in [0.1, 0.15) is 37.8 Å². The van der Waals surface area contributed by atoms with Crippen molar-refractivity contribution in [3.8, 4) is 0 Å². The van der Waals surface area contributed by atoms with Gasteiger partial charge < -0.3 is 10.2 Å². The van der Waals surface area contributed by atoms with Crippen molar-refractivity contribution in [2.75, 3.05) is 12.3 Å². The molecule has 0 aliphatic rings. The van der Waals surface area contributed by atoms with Crippen molar-refractivity contribution in [1.82, 2.24) is 10.2 Å². The van der Waals surface area contributed by atoms with Crippen LogP contribution in [0, 0.1) is 0 Å². The SMILES string of the molecule is CCCCNC(=O)C(C)N(Cc1ccc(Cl)cc1)C(=O)CSCc1ccc(Cl)c(Cl)c1. The molecule has 2 amide bonds. The minimum Gasteiger partial charge on any atom is -0.354 e. The van der Waals surface area contributed by atoms with E-state index in [-0.39, 0.29) is 17.6 Å². The Labute approximate surface area is 203 Å². The monoisotopic (exact) mass is 500 g/mol. The maximum absolute atomic E-state index is 13.1. The third kappa shape index (κ3) is 8.57. The van der Waals surface area contributed by atoms with Crippen LogP contribution in [0.2, 0.25) is 15.1 Å². The Kier molecular flexibility index (Phi) is 11.0. The molecule has 1 unspecified atom stereocenters. The first-order chi connectivity index (χ1) is 14.8. The van der Waals surface area contributed by atoms with E-state index in [4.69, 9.17) is 34.8 Å². The molecule has 2 aromatic rings. The quantitative estimate of drug-likeness (QED) is 0.372. The van der Waals surface area contributed by atoms with Gasteiger partial charge in [-0.05, 0) is 48.7 Å². The summed E-state index contributed by atoms with van der Waals surface area (Å²) in [6, 6.07) is 12.2. The van der Waals surface area contributed by atoms with Crippen LogP contribution in [0.25, 0.3) is 0 Å². The van der Waals surface area contributed by atoms with E-state index in [1.807, 2.05) is 18.2 Å². The molecule has 0 fully saturated rings. The van der Waals surface area contributed by atoms with Crippen molar-refractivity contribution in [2.45, 2.75) is 45.0 Å². The molecule has 2 aromatic carbocycles. The lowest BCUT2D eigenvalue weighted by Gasteiger charge is -2.29. The van der Waals surface area contributed by atoms with Crippen molar-refractivity contribution >= 4 is 58.4 Å². The summed E-state index contributed by atoms with van der Waals surface area (Å²) >= 11 is 19.5. The molecule has 0 aliphatic carbocycles. The number of hydrogen-bond donors (Lipinski definition) is 1. The number of thioether (sulfide) groups is 1. The van der Waals surface area contributed by atoms with Gasteiger partial charge in [0.05, 0.1) is 15.8 Å². The third-order valence-electron chi connectivity index (χ3n) is 4.74. The topological polar surface area (TPSA) is 49.4 Å². The van der Waals surface area contributed by atoms with Crippen LogP contribution in [0.5, 0.6) is 0 Å². The van der Waals surface area contributed by atoms with Crippen LogP contribution in [0.4, 0.5) is 0 Å². The minimum absolute atomic E-state index is 0.0989. The van der Waals surface area contributed by atoms with Crippen molar-refractivity contribution in [2.24, 2.45) is 0 Å². The molecular formula is C23H27Cl3N2O2S. The highest BCUT2D eigenvalue weighted by Crippen LogP contribution is 2.25. The molecule has 1 atom stereocenters. The van der Waals surface area contributed by atoms with Crippen LogP contribution >= 0.6 is 46.6 Å². The van der Waals surface area contributed by atoms with Gasteiger partial charge in [-0.3, -0.25) is 9.59 Å². The zero-order valence-electron chi connectivity index (χ0n) is 17.7. The summed E-state index contributed by atoms with van der Waals surface area (Å²) in [5.74, 6) is 0.623. The van der Waals surface area contributed by atoms with Gasteiger partial charge in [0.15, 0.2) is 0 Å². The molecule has 8 heteroatoms. The van der Waals surface area contributed by atoms with E-state index in [1.165, 1.54) is 11.8 Å². The highest BCUT2D eigenvalue weighted by molar-refractivity contribution is 7.99. The summed E-state index contributed by atoms with van der Waals surface area (Å²) in [6.07, 6.45) is 1.90. The Morgan fingerprint density at radius 3 is 2.35 bits per heavy atom. The summed E-state index contributed by atoms with van der Waals surface area (Å²) in [5, 5.41) is 4.54. The van der Waals surface area contributed by atoms with Crippen LogP contribution in [-0.4, -0.2) is 35.1 Å². The zero-order valence-corrected chi connectivity index (χ0v) is 20.8. The van der Waals surface area contributed by atoms with Crippen LogP contribution in [-0.2, 0) is 21.9 Å². The predicted octanol–water partition coefficient (Wildman–Crippen LogP) is 6.21. The van der Waals surface area contributed by atoms with E-state index in [1.54, 1.807) is 36.1 Å². The number of halogens is 3. The fraction of sp³-hybridized carbons (Fsp3) is 0.391. The molecule has 4 nitrogen and oxygen atoms in total. The summed E-state index contributed by atoms with van der Waals surface area (Å²) in [4.78, 5) is 27.3. The lowest BCUT2D eigenvalue weighted by Crippen LogP contribution is -2.48. The highest BCUT2D eigenvalue weighted by atomic mass is 35.5. The van der Waals surface area contributed by atoms with Crippen LogP contribution in [0.3, 0.4) is 0 Å². The van der Waals surface area contributed by atoms with Crippen LogP contribution in [0.15, 0.2) is 42.5 Å². The van der Waals surface area contributed by atoms with Gasteiger partial charge in [0.2, 0.25) is 11.8 Å². The fourth-order valence-corrected chi connectivity index (χ4v) is 4.18. The molecule has 0 aliphatic heterocycles. The number of hydrogen-bond acceptors (Lipinski definition) is 3. The molecule has 31 heavy (non-hydrogen) atoms. The Bertz CT molecular complexity index is 878. The van der Waals surface area contributed by atoms with Gasteiger partial charge in [0.1, 0.15) is 6.04 Å². The molecule has 0 aromatic heterocycles. The second-order valence-electron chi connectivity index (χ2n) is 7.21. The first-order valence-electron chi connectivity index (χ1n) is 10.1. The molecule has 1 N–H and O–H groups in total. The van der Waals surface area contributed by atoms with Gasteiger partial charge in [0, 0.05) is 23.9 Å². The lowest BCUT2D eigenvalue weighted by molar-refractivity contribution is -0.138. The van der Waals surface area contributed by atoms with Gasteiger partial charge in [-0.15, -0.1) is 11.8 Å². The van der Waals surface area contributed by atoms with Crippen molar-refractivity contribution in [3.63, 3.8) is 0 Å². The number of carbonyl (C=O) groups is 2. The van der Waals surface area contributed by atoms with Crippen LogP contribution < -0.4 is 5.32 Å². The Morgan fingerprint density at radius 1 is 1.03 bits per heavy atom. The van der Waals surface area contributed by atoms with Gasteiger partial charge in [-0.2, -0.15) is 0 Å². The fourth-order valence-electron chi connectivity index (χ4n) is 2.87. The summed E-state index contributed by atoms with van der Waals surface area (Å²) < 4.78 is 0. The number of carbonyl (C=O) groups excluding carboxylic acids is 2. The van der Waals surface area contributed by atoms with Gasteiger partial charge in [-0.1, -0.05) is 66.3 Å². The molecule has 0 radical (unpaired) electrons. The van der Waals surface area contributed by atoms with E-state index in [0.717, 1.165) is 24.0 Å². The van der Waals surface area contributed by atoms with Gasteiger partial charge >= 0.3 is 0 Å². The standard InChI is InChI=1S/C23H27Cl3N2O2S/c1-3-4-11-27-23(30)16(2)28(13-17-5-8-19(24)9-6-17)22(29)15-31-14-18-7-10-20(25)21(26)12-18/h5-10,12,16H,3-4,11,13-15H2,1-2H3,(H,27,30). The number of unbranched alkanes of at least 4 members (excludes halogenated alkanes) is 1. The lowest BCUT2D eigenvalue weighted by atomic mass is 10.1. The minimum atomic E-state index is -0.578. The van der Waals surface area contributed by atoms with E-state index in [9.17, 15) is 9.59 Å². The molecule has 0 heterocycles. The molecule has 0 saturated carbocycles. The average molecular weight is 502 g/mol. The maximum atomic E-state index is 13.1. The summed E-state index contributed by atoms with van der Waals surface area (Å²) in [6.45, 7) is 4.77. The number of benzene rings is 2. The van der Waals surface area contributed by atoms with Gasteiger partial charge in [-0.25, -0.2) is 0 Å². The smallest absolute Gasteiger partial charge is 0.242 e. The predicted molar refractivity (Wildman–Crippen MR) is 132 cm³/mol. The average Bonchev–Trinajstić information content (AvgIpc) is 2.75. The second-order valence-corrected chi connectivity index (χ2v) is 9.45. The third-order valence-corrected chi connectivity index (χ3v) is 6.72. The normalized spacial score (nSPS) is 11.8. The molecule has 168 valence electrons. The molecular weight excluding hydrogens is 475 g/mol. The number of rotatable bonds is 11. The number of amides is 2. The molecule has 0 saturated heterocycles. The molecule has 2 rings (SSSR count). The largest absolute Gasteiger partial charge is 0.354 e. The second kappa shape index (κ2) is 13.2. The van der Waals surface area contributed by atoms with E-state index >= 15 is 0 Å². The highest BCUT2D eigenvalue weighted by Gasteiger charge is 2.25. The summed E-state index contributed by atoms with van der Waals surface area (Å²) in [5.41, 5.74) is 1.90. The van der Waals surface area contributed by atoms with E-state index in [2.05, 4.69) is 12.2 Å². The first kappa shape index (κ1) is 25.9. The number of nitrogens with one attached hydrogen (secondary N) is 1.